The second-order valence-corrected chi connectivity index (χ2v) is 10.6. The number of carbonyl (C=O) groups excluding carboxylic acids is 1. The van der Waals surface area contributed by atoms with Gasteiger partial charge in [-0.05, 0) is 42.9 Å². The van der Waals surface area contributed by atoms with Crippen molar-refractivity contribution in [2.75, 3.05) is 36.5 Å². The number of aliphatic carboxylic acids is 1. The standard InChI is InChI=1S/C31H38FN5O3/c1-4-5-16-36(3)28-27(32)29(34-20-33-28)37-17-6-7-25(19-37)30(38)35-26(31(39)40)18-22-10-14-24(15-11-22)23-12-8-21(2)9-13-23/h8-15,20,25-26H,4-7,16-19H2,1-3H3,(H,35,38)(H,39,40)/t25?,26-/m0/s1. The first-order valence-electron chi connectivity index (χ1n) is 13.9. The highest BCUT2D eigenvalue weighted by Crippen LogP contribution is 2.28. The maximum atomic E-state index is 15.4. The molecule has 2 heterocycles. The molecule has 1 aliphatic heterocycles. The summed E-state index contributed by atoms with van der Waals surface area (Å²) in [6.45, 7) is 5.61. The van der Waals surface area contributed by atoms with Gasteiger partial charge in [-0.2, -0.15) is 4.39 Å². The number of carbonyl (C=O) groups is 2. The lowest BCUT2D eigenvalue weighted by Gasteiger charge is -2.34. The largest absolute Gasteiger partial charge is 0.480 e. The molecule has 8 nitrogen and oxygen atoms in total. The maximum Gasteiger partial charge on any atom is 0.326 e. The first kappa shape index (κ1) is 29.0. The molecule has 9 heteroatoms. The van der Waals surface area contributed by atoms with Gasteiger partial charge in [0.1, 0.15) is 12.4 Å². The Hall–Kier alpha value is -4.01. The Balaban J connectivity index is 1.40. The highest BCUT2D eigenvalue weighted by molar-refractivity contribution is 5.85. The predicted octanol–water partition coefficient (Wildman–Crippen LogP) is 4.86. The Kier molecular flexibility index (Phi) is 9.69. The van der Waals surface area contributed by atoms with E-state index in [9.17, 15) is 14.7 Å². The van der Waals surface area contributed by atoms with Crippen LogP contribution in [0.25, 0.3) is 11.1 Å². The molecule has 1 aliphatic rings. The first-order valence-corrected chi connectivity index (χ1v) is 13.9. The van der Waals surface area contributed by atoms with E-state index in [0.717, 1.165) is 29.5 Å². The lowest BCUT2D eigenvalue weighted by molar-refractivity contribution is -0.142. The number of carboxylic acids is 1. The number of amides is 1. The Morgan fingerprint density at radius 1 is 1.12 bits per heavy atom. The van der Waals surface area contributed by atoms with Crippen molar-refractivity contribution in [1.29, 1.82) is 0 Å². The summed E-state index contributed by atoms with van der Waals surface area (Å²) in [6.07, 6.45) is 4.69. The number of nitrogens with zero attached hydrogens (tertiary/aromatic N) is 4. The van der Waals surface area contributed by atoms with Crippen LogP contribution >= 0.6 is 0 Å². The van der Waals surface area contributed by atoms with E-state index in [1.165, 1.54) is 11.9 Å². The van der Waals surface area contributed by atoms with E-state index < -0.39 is 23.7 Å². The summed E-state index contributed by atoms with van der Waals surface area (Å²) in [5, 5.41) is 12.6. The molecule has 212 valence electrons. The minimum Gasteiger partial charge on any atom is -0.480 e. The van der Waals surface area contributed by atoms with Crippen LogP contribution in [0.4, 0.5) is 16.0 Å². The third-order valence-electron chi connectivity index (χ3n) is 7.45. The summed E-state index contributed by atoms with van der Waals surface area (Å²) in [6, 6.07) is 14.9. The fourth-order valence-corrected chi connectivity index (χ4v) is 5.03. The number of benzene rings is 2. The fourth-order valence-electron chi connectivity index (χ4n) is 5.03. The average Bonchev–Trinajstić information content (AvgIpc) is 2.96. The maximum absolute atomic E-state index is 15.4. The highest BCUT2D eigenvalue weighted by atomic mass is 19.1. The Morgan fingerprint density at radius 3 is 2.45 bits per heavy atom. The van der Waals surface area contributed by atoms with E-state index in [4.69, 9.17) is 0 Å². The monoisotopic (exact) mass is 547 g/mol. The molecule has 1 aromatic heterocycles. The summed E-state index contributed by atoms with van der Waals surface area (Å²) < 4.78 is 15.4. The SMILES string of the molecule is CCCCN(C)c1ncnc(N2CCCC(C(=O)N[C@@H](Cc3ccc(-c4ccc(C)cc4)cc3)C(=O)O)C2)c1F. The molecule has 3 aromatic rings. The van der Waals surface area contributed by atoms with Crippen molar-refractivity contribution < 1.29 is 19.1 Å². The molecule has 1 unspecified atom stereocenters. The zero-order valence-electron chi connectivity index (χ0n) is 23.4. The Bertz CT molecular complexity index is 1300. The normalized spacial score (nSPS) is 15.9. The minimum absolute atomic E-state index is 0.166. The molecule has 2 atom stereocenters. The number of aromatic nitrogens is 2. The number of rotatable bonds is 11. The molecule has 1 saturated heterocycles. The molecule has 0 radical (unpaired) electrons. The molecule has 2 aromatic carbocycles. The summed E-state index contributed by atoms with van der Waals surface area (Å²) in [5.41, 5.74) is 4.13. The number of piperidine rings is 1. The van der Waals surface area contributed by atoms with Gasteiger partial charge in [-0.25, -0.2) is 14.8 Å². The summed E-state index contributed by atoms with van der Waals surface area (Å²) >= 11 is 0. The van der Waals surface area contributed by atoms with Gasteiger partial charge in [-0.1, -0.05) is 67.4 Å². The van der Waals surface area contributed by atoms with Crippen molar-refractivity contribution in [2.24, 2.45) is 5.92 Å². The molecule has 1 amide bonds. The zero-order valence-corrected chi connectivity index (χ0v) is 23.4. The van der Waals surface area contributed by atoms with Crippen LogP contribution in [0, 0.1) is 18.7 Å². The van der Waals surface area contributed by atoms with Gasteiger partial charge in [0.15, 0.2) is 11.6 Å². The number of unbranched alkanes of at least 4 members (excludes halogenated alkanes) is 1. The smallest absolute Gasteiger partial charge is 0.326 e. The van der Waals surface area contributed by atoms with Crippen LogP contribution in [0.5, 0.6) is 0 Å². The van der Waals surface area contributed by atoms with Gasteiger partial charge >= 0.3 is 5.97 Å². The second kappa shape index (κ2) is 13.4. The topological polar surface area (TPSA) is 98.7 Å². The summed E-state index contributed by atoms with van der Waals surface area (Å²) in [4.78, 5) is 37.1. The number of aryl methyl sites for hydroxylation is 1. The van der Waals surface area contributed by atoms with Gasteiger partial charge in [-0.3, -0.25) is 4.79 Å². The molecule has 0 aliphatic carbocycles. The van der Waals surface area contributed by atoms with E-state index in [1.807, 2.05) is 31.2 Å². The molecular weight excluding hydrogens is 509 g/mol. The lowest BCUT2D eigenvalue weighted by atomic mass is 9.95. The number of hydrogen-bond acceptors (Lipinski definition) is 6. The molecule has 0 saturated carbocycles. The van der Waals surface area contributed by atoms with Crippen molar-refractivity contribution in [3.8, 4) is 11.1 Å². The van der Waals surface area contributed by atoms with Crippen molar-refractivity contribution >= 4 is 23.5 Å². The van der Waals surface area contributed by atoms with E-state index in [2.05, 4.69) is 46.5 Å². The predicted molar refractivity (Wildman–Crippen MR) is 155 cm³/mol. The van der Waals surface area contributed by atoms with Gasteiger partial charge < -0.3 is 20.2 Å². The fraction of sp³-hybridized carbons (Fsp3) is 0.419. The highest BCUT2D eigenvalue weighted by Gasteiger charge is 2.31. The summed E-state index contributed by atoms with van der Waals surface area (Å²) in [5.74, 6) is -2.00. The van der Waals surface area contributed by atoms with Gasteiger partial charge in [0.2, 0.25) is 11.7 Å². The second-order valence-electron chi connectivity index (χ2n) is 10.6. The van der Waals surface area contributed by atoms with Crippen LogP contribution in [0.3, 0.4) is 0 Å². The number of nitrogens with one attached hydrogen (secondary N) is 1. The third kappa shape index (κ3) is 7.14. The average molecular weight is 548 g/mol. The van der Waals surface area contributed by atoms with Gasteiger partial charge in [0.05, 0.1) is 5.92 Å². The Labute approximate surface area is 235 Å². The molecule has 2 N–H and O–H groups in total. The van der Waals surface area contributed by atoms with Gasteiger partial charge in [0.25, 0.3) is 0 Å². The zero-order chi connectivity index (χ0) is 28.6. The third-order valence-corrected chi connectivity index (χ3v) is 7.45. The quantitative estimate of drug-likeness (QED) is 0.354. The van der Waals surface area contributed by atoms with Crippen LogP contribution in [0.15, 0.2) is 54.9 Å². The molecule has 40 heavy (non-hydrogen) atoms. The lowest BCUT2D eigenvalue weighted by Crippen LogP contribution is -2.49. The van der Waals surface area contributed by atoms with E-state index in [-0.39, 0.29) is 30.5 Å². The minimum atomic E-state index is -1.09. The first-order chi connectivity index (χ1) is 19.3. The van der Waals surface area contributed by atoms with Crippen LogP contribution in [0.2, 0.25) is 0 Å². The number of anilines is 2. The van der Waals surface area contributed by atoms with E-state index in [1.54, 1.807) is 16.8 Å². The molecule has 0 spiro atoms. The number of halogens is 1. The van der Waals surface area contributed by atoms with Crippen LogP contribution in [0.1, 0.15) is 43.7 Å². The van der Waals surface area contributed by atoms with Crippen molar-refractivity contribution in [3.05, 3.63) is 71.8 Å². The molecular formula is C31H38FN5O3. The van der Waals surface area contributed by atoms with Crippen molar-refractivity contribution in [3.63, 3.8) is 0 Å². The number of hydrogen-bond donors (Lipinski definition) is 2. The number of carboxylic acid groups (broad SMARTS) is 1. The molecule has 1 fully saturated rings. The van der Waals surface area contributed by atoms with Crippen LogP contribution < -0.4 is 15.1 Å². The van der Waals surface area contributed by atoms with Crippen LogP contribution in [-0.4, -0.2) is 59.7 Å². The van der Waals surface area contributed by atoms with Crippen molar-refractivity contribution in [1.82, 2.24) is 15.3 Å². The van der Waals surface area contributed by atoms with Gasteiger partial charge in [-0.15, -0.1) is 0 Å². The molecule has 4 rings (SSSR count). The van der Waals surface area contributed by atoms with E-state index >= 15 is 4.39 Å². The molecule has 0 bridgehead atoms. The summed E-state index contributed by atoms with van der Waals surface area (Å²) in [7, 11) is 1.80. The van der Waals surface area contributed by atoms with Gasteiger partial charge in [0, 0.05) is 33.1 Å². The van der Waals surface area contributed by atoms with Crippen LogP contribution in [-0.2, 0) is 16.0 Å². The van der Waals surface area contributed by atoms with E-state index in [0.29, 0.717) is 25.9 Å². The Morgan fingerprint density at radius 2 is 1.80 bits per heavy atom. The van der Waals surface area contributed by atoms with Crippen molar-refractivity contribution in [2.45, 2.75) is 52.0 Å².